The van der Waals surface area contributed by atoms with Crippen LogP contribution < -0.4 is 5.73 Å². The molecule has 3 nitrogen and oxygen atoms in total. The maximum Gasteiger partial charge on any atom is 0.0653 e. The molecule has 1 aliphatic carbocycles. The van der Waals surface area contributed by atoms with Gasteiger partial charge >= 0.3 is 0 Å². The van der Waals surface area contributed by atoms with E-state index in [2.05, 4.69) is 23.8 Å². The predicted molar refractivity (Wildman–Crippen MR) is 65.1 cm³/mol. The topological polar surface area (TPSA) is 51.8 Å². The van der Waals surface area contributed by atoms with Crippen LogP contribution in [0.15, 0.2) is 12.4 Å². The average Bonchev–Trinajstić information content (AvgIpc) is 2.29. The Labute approximate surface area is 97.5 Å². The molecule has 3 heteroatoms. The number of aryl methyl sites for hydroxylation is 1. The van der Waals surface area contributed by atoms with Crippen molar-refractivity contribution in [3.05, 3.63) is 23.8 Å². The Morgan fingerprint density at radius 2 is 1.94 bits per heavy atom. The van der Waals surface area contributed by atoms with Crippen LogP contribution in [-0.4, -0.2) is 16.0 Å². The van der Waals surface area contributed by atoms with E-state index in [0.717, 1.165) is 30.7 Å². The lowest BCUT2D eigenvalue weighted by atomic mass is 9.53. The standard InChI is InChI=1S/C13H21N3/c1-4-13(5-2)10(8-11(13)14)12-9(3)15-6-7-16-12/h6-7,10-11H,4-5,8,14H2,1-3H3. The van der Waals surface area contributed by atoms with Gasteiger partial charge in [-0.15, -0.1) is 0 Å². The molecule has 1 saturated carbocycles. The number of hydrogen-bond donors (Lipinski definition) is 1. The molecule has 2 atom stereocenters. The van der Waals surface area contributed by atoms with Gasteiger partial charge in [-0.1, -0.05) is 13.8 Å². The Morgan fingerprint density at radius 3 is 2.44 bits per heavy atom. The fraction of sp³-hybridized carbons (Fsp3) is 0.692. The molecule has 0 radical (unpaired) electrons. The van der Waals surface area contributed by atoms with Crippen molar-refractivity contribution in [2.24, 2.45) is 11.1 Å². The molecular formula is C13H21N3. The summed E-state index contributed by atoms with van der Waals surface area (Å²) in [6.07, 6.45) is 6.87. The van der Waals surface area contributed by atoms with E-state index in [9.17, 15) is 0 Å². The van der Waals surface area contributed by atoms with Gasteiger partial charge in [-0.05, 0) is 31.6 Å². The molecule has 16 heavy (non-hydrogen) atoms. The van der Waals surface area contributed by atoms with Gasteiger partial charge in [0.25, 0.3) is 0 Å². The fourth-order valence-corrected chi connectivity index (χ4v) is 3.23. The summed E-state index contributed by atoms with van der Waals surface area (Å²) in [6, 6.07) is 0.328. The van der Waals surface area contributed by atoms with Crippen molar-refractivity contribution in [2.45, 2.75) is 52.0 Å². The van der Waals surface area contributed by atoms with Gasteiger partial charge in [0.1, 0.15) is 0 Å². The van der Waals surface area contributed by atoms with E-state index < -0.39 is 0 Å². The molecule has 0 bridgehead atoms. The van der Waals surface area contributed by atoms with Gasteiger partial charge in [0.05, 0.1) is 11.4 Å². The van der Waals surface area contributed by atoms with Crippen LogP contribution in [-0.2, 0) is 0 Å². The molecule has 2 unspecified atom stereocenters. The zero-order valence-corrected chi connectivity index (χ0v) is 10.4. The Hall–Kier alpha value is -0.960. The summed E-state index contributed by atoms with van der Waals surface area (Å²) in [4.78, 5) is 8.85. The van der Waals surface area contributed by atoms with Crippen LogP contribution in [0.1, 0.15) is 50.4 Å². The molecular weight excluding hydrogens is 198 g/mol. The third-order valence-electron chi connectivity index (χ3n) is 4.49. The van der Waals surface area contributed by atoms with E-state index in [-0.39, 0.29) is 5.41 Å². The molecule has 0 saturated heterocycles. The first-order chi connectivity index (χ1) is 7.65. The first kappa shape index (κ1) is 11.5. The van der Waals surface area contributed by atoms with Crippen molar-refractivity contribution in [2.75, 3.05) is 0 Å². The van der Waals surface area contributed by atoms with Crippen LogP contribution in [0.3, 0.4) is 0 Å². The number of rotatable bonds is 3. The van der Waals surface area contributed by atoms with Crippen LogP contribution in [0.5, 0.6) is 0 Å². The predicted octanol–water partition coefficient (Wildman–Crippen LogP) is 2.41. The monoisotopic (exact) mass is 219 g/mol. The molecule has 0 aromatic carbocycles. The van der Waals surface area contributed by atoms with Crippen LogP contribution in [0, 0.1) is 12.3 Å². The maximum atomic E-state index is 6.21. The lowest BCUT2D eigenvalue weighted by Crippen LogP contribution is -2.56. The second kappa shape index (κ2) is 4.13. The van der Waals surface area contributed by atoms with Crippen LogP contribution in [0.25, 0.3) is 0 Å². The average molecular weight is 219 g/mol. The van der Waals surface area contributed by atoms with Crippen LogP contribution >= 0.6 is 0 Å². The van der Waals surface area contributed by atoms with E-state index in [1.165, 1.54) is 0 Å². The highest BCUT2D eigenvalue weighted by Gasteiger charge is 2.52. The molecule has 1 aromatic rings. The van der Waals surface area contributed by atoms with Gasteiger partial charge < -0.3 is 5.73 Å². The first-order valence-corrected chi connectivity index (χ1v) is 6.18. The zero-order valence-electron chi connectivity index (χ0n) is 10.4. The first-order valence-electron chi connectivity index (χ1n) is 6.18. The summed E-state index contributed by atoms with van der Waals surface area (Å²) in [5, 5.41) is 0. The van der Waals surface area contributed by atoms with E-state index in [1.54, 1.807) is 12.4 Å². The second-order valence-corrected chi connectivity index (χ2v) is 4.86. The summed E-state index contributed by atoms with van der Waals surface area (Å²) in [7, 11) is 0. The second-order valence-electron chi connectivity index (χ2n) is 4.86. The molecule has 88 valence electrons. The third kappa shape index (κ3) is 1.46. The molecule has 0 amide bonds. The minimum absolute atomic E-state index is 0.251. The number of nitrogens with two attached hydrogens (primary N) is 1. The lowest BCUT2D eigenvalue weighted by molar-refractivity contribution is 0.0407. The summed E-state index contributed by atoms with van der Waals surface area (Å²) < 4.78 is 0. The van der Waals surface area contributed by atoms with Gasteiger partial charge in [0, 0.05) is 24.4 Å². The van der Waals surface area contributed by atoms with Gasteiger partial charge in [0.15, 0.2) is 0 Å². The molecule has 1 aromatic heterocycles. The normalized spacial score (nSPS) is 27.5. The third-order valence-corrected chi connectivity index (χ3v) is 4.49. The Balaban J connectivity index is 2.33. The molecule has 1 fully saturated rings. The van der Waals surface area contributed by atoms with E-state index in [4.69, 9.17) is 5.73 Å². The molecule has 1 heterocycles. The van der Waals surface area contributed by atoms with Crippen LogP contribution in [0.4, 0.5) is 0 Å². The summed E-state index contributed by atoms with van der Waals surface area (Å²) in [5.74, 6) is 0.506. The molecule has 1 aliphatic rings. The van der Waals surface area contributed by atoms with Gasteiger partial charge in [-0.2, -0.15) is 0 Å². The quantitative estimate of drug-likeness (QED) is 0.849. The Kier molecular flexibility index (Phi) is 2.98. The Morgan fingerprint density at radius 1 is 1.31 bits per heavy atom. The highest BCUT2D eigenvalue weighted by atomic mass is 14.9. The van der Waals surface area contributed by atoms with E-state index in [1.807, 2.05) is 6.92 Å². The Bertz CT molecular complexity index is 371. The van der Waals surface area contributed by atoms with E-state index in [0.29, 0.717) is 12.0 Å². The van der Waals surface area contributed by atoms with Crippen molar-refractivity contribution < 1.29 is 0 Å². The summed E-state index contributed by atoms with van der Waals surface area (Å²) >= 11 is 0. The van der Waals surface area contributed by atoms with Gasteiger partial charge in [-0.25, -0.2) is 0 Å². The SMILES string of the molecule is CCC1(CC)C(N)CC1c1nccnc1C. The summed E-state index contributed by atoms with van der Waals surface area (Å²) in [6.45, 7) is 6.52. The van der Waals surface area contributed by atoms with Crippen LogP contribution in [0.2, 0.25) is 0 Å². The van der Waals surface area contributed by atoms with Gasteiger partial charge in [0.2, 0.25) is 0 Å². The lowest BCUT2D eigenvalue weighted by Gasteiger charge is -2.54. The van der Waals surface area contributed by atoms with Gasteiger partial charge in [-0.3, -0.25) is 9.97 Å². The highest BCUT2D eigenvalue weighted by Crippen LogP contribution is 2.56. The van der Waals surface area contributed by atoms with Crippen molar-refractivity contribution in [3.63, 3.8) is 0 Å². The van der Waals surface area contributed by atoms with Crippen molar-refractivity contribution in [1.29, 1.82) is 0 Å². The number of hydrogen-bond acceptors (Lipinski definition) is 3. The number of nitrogens with zero attached hydrogens (tertiary/aromatic N) is 2. The maximum absolute atomic E-state index is 6.21. The minimum Gasteiger partial charge on any atom is -0.327 e. The molecule has 2 N–H and O–H groups in total. The largest absolute Gasteiger partial charge is 0.327 e. The van der Waals surface area contributed by atoms with Crippen molar-refractivity contribution in [1.82, 2.24) is 9.97 Å². The number of aromatic nitrogens is 2. The van der Waals surface area contributed by atoms with Crippen molar-refractivity contribution in [3.8, 4) is 0 Å². The summed E-state index contributed by atoms with van der Waals surface area (Å²) in [5.41, 5.74) is 8.68. The van der Waals surface area contributed by atoms with Crippen molar-refractivity contribution >= 4 is 0 Å². The van der Waals surface area contributed by atoms with E-state index >= 15 is 0 Å². The fourth-order valence-electron chi connectivity index (χ4n) is 3.23. The smallest absolute Gasteiger partial charge is 0.0653 e. The highest BCUT2D eigenvalue weighted by molar-refractivity contribution is 5.25. The zero-order chi connectivity index (χ0) is 11.8. The molecule has 0 aliphatic heterocycles. The minimum atomic E-state index is 0.251. The molecule has 0 spiro atoms. The molecule has 2 rings (SSSR count).